The lowest BCUT2D eigenvalue weighted by Gasteiger charge is -2.13. The maximum absolute atomic E-state index is 11.9. The van der Waals surface area contributed by atoms with E-state index in [4.69, 9.17) is 23.7 Å². The Morgan fingerprint density at radius 1 is 0.586 bits per heavy atom. The second kappa shape index (κ2) is 23.6. The molecule has 0 aliphatic rings. The van der Waals surface area contributed by atoms with E-state index in [0.717, 1.165) is 38.7 Å². The standard InChI is InChI=1S/C23H46O6/c1-4-7-9-10-11-13-25-14-15-26-16-17-27-18-19-28-20-21-29-23(24)22(6-3)12-8-5-2/h22H,4-21H2,1-3H3. The van der Waals surface area contributed by atoms with E-state index in [-0.39, 0.29) is 11.9 Å². The van der Waals surface area contributed by atoms with Crippen molar-refractivity contribution in [2.45, 2.75) is 78.6 Å². The van der Waals surface area contributed by atoms with E-state index in [2.05, 4.69) is 13.8 Å². The van der Waals surface area contributed by atoms with Crippen LogP contribution in [0.4, 0.5) is 0 Å². The molecular weight excluding hydrogens is 372 g/mol. The maximum Gasteiger partial charge on any atom is 0.308 e. The molecular formula is C23H46O6. The van der Waals surface area contributed by atoms with Crippen LogP contribution in [-0.2, 0) is 28.5 Å². The van der Waals surface area contributed by atoms with Crippen LogP contribution >= 0.6 is 0 Å². The third-order valence-electron chi connectivity index (χ3n) is 4.71. The van der Waals surface area contributed by atoms with E-state index in [9.17, 15) is 4.79 Å². The summed E-state index contributed by atoms with van der Waals surface area (Å²) >= 11 is 0. The van der Waals surface area contributed by atoms with Gasteiger partial charge in [-0.3, -0.25) is 4.79 Å². The molecule has 6 nitrogen and oxygen atoms in total. The number of ether oxygens (including phenoxy) is 5. The van der Waals surface area contributed by atoms with Gasteiger partial charge in [0.1, 0.15) is 6.61 Å². The molecule has 0 amide bonds. The highest BCUT2D eigenvalue weighted by molar-refractivity contribution is 5.72. The van der Waals surface area contributed by atoms with E-state index in [1.165, 1.54) is 25.7 Å². The van der Waals surface area contributed by atoms with Crippen LogP contribution < -0.4 is 0 Å². The molecule has 0 saturated carbocycles. The number of carbonyl (C=O) groups is 1. The summed E-state index contributed by atoms with van der Waals surface area (Å²) < 4.78 is 27.1. The Morgan fingerprint density at radius 2 is 1.07 bits per heavy atom. The van der Waals surface area contributed by atoms with Crippen molar-refractivity contribution < 1.29 is 28.5 Å². The monoisotopic (exact) mass is 418 g/mol. The molecule has 0 aliphatic heterocycles. The summed E-state index contributed by atoms with van der Waals surface area (Å²) in [7, 11) is 0. The third-order valence-corrected chi connectivity index (χ3v) is 4.71. The molecule has 29 heavy (non-hydrogen) atoms. The molecule has 0 aromatic carbocycles. The molecule has 174 valence electrons. The molecule has 0 N–H and O–H groups in total. The average molecular weight is 419 g/mol. The minimum Gasteiger partial charge on any atom is -0.463 e. The van der Waals surface area contributed by atoms with E-state index >= 15 is 0 Å². The zero-order valence-electron chi connectivity index (χ0n) is 19.3. The van der Waals surface area contributed by atoms with Crippen molar-refractivity contribution in [3.8, 4) is 0 Å². The lowest BCUT2D eigenvalue weighted by Crippen LogP contribution is -2.20. The van der Waals surface area contributed by atoms with Crippen LogP contribution in [0.25, 0.3) is 0 Å². The summed E-state index contributed by atoms with van der Waals surface area (Å²) in [5.74, 6) is -0.0760. The van der Waals surface area contributed by atoms with Crippen LogP contribution in [-0.4, -0.2) is 65.4 Å². The van der Waals surface area contributed by atoms with Gasteiger partial charge in [-0.2, -0.15) is 0 Å². The van der Waals surface area contributed by atoms with Crippen molar-refractivity contribution in [1.82, 2.24) is 0 Å². The molecule has 1 unspecified atom stereocenters. The molecule has 0 aromatic heterocycles. The van der Waals surface area contributed by atoms with Gasteiger partial charge < -0.3 is 23.7 Å². The molecule has 0 rings (SSSR count). The van der Waals surface area contributed by atoms with Crippen molar-refractivity contribution in [3.63, 3.8) is 0 Å². The predicted molar refractivity (Wildman–Crippen MR) is 116 cm³/mol. The lowest BCUT2D eigenvalue weighted by atomic mass is 10.00. The second-order valence-corrected chi connectivity index (χ2v) is 7.28. The first-order valence-electron chi connectivity index (χ1n) is 11.7. The number of hydrogen-bond donors (Lipinski definition) is 0. The summed E-state index contributed by atoms with van der Waals surface area (Å²) in [6, 6.07) is 0. The highest BCUT2D eigenvalue weighted by Gasteiger charge is 2.16. The van der Waals surface area contributed by atoms with Crippen molar-refractivity contribution in [3.05, 3.63) is 0 Å². The second-order valence-electron chi connectivity index (χ2n) is 7.28. The van der Waals surface area contributed by atoms with Gasteiger partial charge in [0, 0.05) is 6.61 Å². The number of esters is 1. The van der Waals surface area contributed by atoms with Crippen LogP contribution in [0.2, 0.25) is 0 Å². The third kappa shape index (κ3) is 20.4. The quantitative estimate of drug-likeness (QED) is 0.176. The fraction of sp³-hybridized carbons (Fsp3) is 0.957. The van der Waals surface area contributed by atoms with Crippen molar-refractivity contribution in [2.24, 2.45) is 5.92 Å². The molecule has 0 heterocycles. The fourth-order valence-corrected chi connectivity index (χ4v) is 2.83. The molecule has 0 aliphatic carbocycles. The predicted octanol–water partition coefficient (Wildman–Crippen LogP) is 4.78. The number of rotatable bonds is 23. The van der Waals surface area contributed by atoms with Crippen LogP contribution in [0.5, 0.6) is 0 Å². The minimum atomic E-state index is -0.0987. The smallest absolute Gasteiger partial charge is 0.308 e. The average Bonchev–Trinajstić information content (AvgIpc) is 2.73. The highest BCUT2D eigenvalue weighted by atomic mass is 16.6. The zero-order chi connectivity index (χ0) is 21.4. The number of carbonyl (C=O) groups excluding carboxylic acids is 1. The Labute approximate surface area is 178 Å². The summed E-state index contributed by atoms with van der Waals surface area (Å²) in [5, 5.41) is 0. The van der Waals surface area contributed by atoms with E-state index < -0.39 is 0 Å². The fourth-order valence-electron chi connectivity index (χ4n) is 2.83. The molecule has 6 heteroatoms. The van der Waals surface area contributed by atoms with E-state index in [1.807, 2.05) is 6.92 Å². The zero-order valence-corrected chi connectivity index (χ0v) is 19.3. The summed E-state index contributed by atoms with van der Waals surface area (Å²) in [4.78, 5) is 11.9. The minimum absolute atomic E-state index is 0.0227. The molecule has 0 spiro atoms. The normalized spacial score (nSPS) is 12.2. The largest absolute Gasteiger partial charge is 0.463 e. The summed E-state index contributed by atoms with van der Waals surface area (Å²) in [6.45, 7) is 11.3. The first kappa shape index (κ1) is 28.3. The van der Waals surface area contributed by atoms with Crippen molar-refractivity contribution in [1.29, 1.82) is 0 Å². The highest BCUT2D eigenvalue weighted by Crippen LogP contribution is 2.14. The SMILES string of the molecule is CCCCCCCOCCOCCOCCOCCOC(=O)C(CC)CCCC. The Hall–Kier alpha value is -0.690. The van der Waals surface area contributed by atoms with Crippen LogP contribution in [0.1, 0.15) is 78.6 Å². The van der Waals surface area contributed by atoms with Crippen LogP contribution in [0.3, 0.4) is 0 Å². The van der Waals surface area contributed by atoms with Gasteiger partial charge in [0.05, 0.1) is 52.2 Å². The van der Waals surface area contributed by atoms with Gasteiger partial charge in [-0.15, -0.1) is 0 Å². The molecule has 1 atom stereocenters. The van der Waals surface area contributed by atoms with Gasteiger partial charge in [0.15, 0.2) is 0 Å². The topological polar surface area (TPSA) is 63.2 Å². The Morgan fingerprint density at radius 3 is 1.59 bits per heavy atom. The number of unbranched alkanes of at least 4 members (excludes halogenated alkanes) is 5. The summed E-state index contributed by atoms with van der Waals surface area (Å²) in [6.07, 6.45) is 10.2. The van der Waals surface area contributed by atoms with Gasteiger partial charge in [-0.05, 0) is 19.3 Å². The van der Waals surface area contributed by atoms with E-state index in [0.29, 0.717) is 52.9 Å². The Bertz CT molecular complexity index is 337. The van der Waals surface area contributed by atoms with Gasteiger partial charge in [0.2, 0.25) is 0 Å². The molecule has 0 bridgehead atoms. The molecule has 0 aromatic rings. The molecule has 0 fully saturated rings. The lowest BCUT2D eigenvalue weighted by molar-refractivity contribution is -0.150. The van der Waals surface area contributed by atoms with Gasteiger partial charge in [-0.25, -0.2) is 0 Å². The van der Waals surface area contributed by atoms with Crippen molar-refractivity contribution in [2.75, 3.05) is 59.5 Å². The first-order chi connectivity index (χ1) is 14.3. The summed E-state index contributed by atoms with van der Waals surface area (Å²) in [5.41, 5.74) is 0. The first-order valence-corrected chi connectivity index (χ1v) is 11.7. The van der Waals surface area contributed by atoms with Gasteiger partial charge >= 0.3 is 5.97 Å². The Balaban J connectivity index is 3.23. The van der Waals surface area contributed by atoms with Gasteiger partial charge in [0.25, 0.3) is 0 Å². The molecule has 0 radical (unpaired) electrons. The van der Waals surface area contributed by atoms with Crippen molar-refractivity contribution >= 4 is 5.97 Å². The van der Waals surface area contributed by atoms with Gasteiger partial charge in [-0.1, -0.05) is 59.3 Å². The maximum atomic E-state index is 11.9. The van der Waals surface area contributed by atoms with E-state index in [1.54, 1.807) is 0 Å². The molecule has 0 saturated heterocycles. The Kier molecular flexibility index (Phi) is 23.0. The number of hydrogen-bond acceptors (Lipinski definition) is 6. The van der Waals surface area contributed by atoms with Crippen LogP contribution in [0, 0.1) is 5.92 Å². The van der Waals surface area contributed by atoms with Crippen LogP contribution in [0.15, 0.2) is 0 Å².